The molecular weight excluding hydrogens is 355 g/mol. The SMILES string of the molecule is CCn1c(S[C@@H](C)C(=O)Nc2ccc(C)c(F)c2)nnc1-c1ccco1. The van der Waals surface area contributed by atoms with Crippen molar-refractivity contribution in [1.82, 2.24) is 14.8 Å². The highest BCUT2D eigenvalue weighted by Gasteiger charge is 2.21. The molecule has 0 fully saturated rings. The summed E-state index contributed by atoms with van der Waals surface area (Å²) in [4.78, 5) is 12.4. The maximum absolute atomic E-state index is 13.6. The monoisotopic (exact) mass is 374 g/mol. The summed E-state index contributed by atoms with van der Waals surface area (Å²) in [5.41, 5.74) is 0.964. The maximum atomic E-state index is 13.6. The van der Waals surface area contributed by atoms with Gasteiger partial charge < -0.3 is 9.73 Å². The predicted molar refractivity (Wildman–Crippen MR) is 98.5 cm³/mol. The number of rotatable bonds is 6. The number of amides is 1. The molecule has 2 heterocycles. The van der Waals surface area contributed by atoms with Gasteiger partial charge in [0.15, 0.2) is 16.7 Å². The van der Waals surface area contributed by atoms with Crippen molar-refractivity contribution < 1.29 is 13.6 Å². The highest BCUT2D eigenvalue weighted by molar-refractivity contribution is 8.00. The topological polar surface area (TPSA) is 73.0 Å². The minimum atomic E-state index is -0.432. The van der Waals surface area contributed by atoms with Gasteiger partial charge in [-0.15, -0.1) is 10.2 Å². The minimum Gasteiger partial charge on any atom is -0.461 e. The Morgan fingerprint density at radius 3 is 2.85 bits per heavy atom. The average molecular weight is 374 g/mol. The van der Waals surface area contributed by atoms with Gasteiger partial charge in [0.05, 0.1) is 11.5 Å². The number of carbonyl (C=O) groups is 1. The van der Waals surface area contributed by atoms with E-state index in [4.69, 9.17) is 4.42 Å². The molecule has 1 N–H and O–H groups in total. The number of nitrogens with one attached hydrogen (secondary N) is 1. The molecule has 0 saturated carbocycles. The fourth-order valence-corrected chi connectivity index (χ4v) is 3.29. The summed E-state index contributed by atoms with van der Waals surface area (Å²) in [6.07, 6.45) is 1.58. The van der Waals surface area contributed by atoms with Gasteiger partial charge in [0, 0.05) is 12.2 Å². The first-order valence-electron chi connectivity index (χ1n) is 8.20. The molecule has 3 rings (SSSR count). The van der Waals surface area contributed by atoms with E-state index in [9.17, 15) is 9.18 Å². The normalized spacial score (nSPS) is 12.2. The Bertz CT molecular complexity index is 908. The molecule has 0 saturated heterocycles. The van der Waals surface area contributed by atoms with Crippen molar-refractivity contribution in [2.24, 2.45) is 0 Å². The van der Waals surface area contributed by atoms with Crippen LogP contribution in [0.5, 0.6) is 0 Å². The van der Waals surface area contributed by atoms with Crippen LogP contribution in [0.15, 0.2) is 46.2 Å². The van der Waals surface area contributed by atoms with Crippen molar-refractivity contribution >= 4 is 23.4 Å². The molecule has 26 heavy (non-hydrogen) atoms. The summed E-state index contributed by atoms with van der Waals surface area (Å²) in [7, 11) is 0. The Morgan fingerprint density at radius 2 is 2.19 bits per heavy atom. The number of furan rings is 1. The molecule has 1 atom stereocenters. The molecule has 3 aromatic rings. The molecule has 0 spiro atoms. The van der Waals surface area contributed by atoms with Crippen LogP contribution >= 0.6 is 11.8 Å². The van der Waals surface area contributed by atoms with Gasteiger partial charge in [0.25, 0.3) is 0 Å². The second kappa shape index (κ2) is 7.74. The largest absolute Gasteiger partial charge is 0.461 e. The van der Waals surface area contributed by atoms with Gasteiger partial charge in [-0.05, 0) is 50.6 Å². The van der Waals surface area contributed by atoms with Gasteiger partial charge in [-0.2, -0.15) is 0 Å². The standard InChI is InChI=1S/C18H19FN4O2S/c1-4-23-16(15-6-5-9-25-15)21-22-18(23)26-12(3)17(24)20-13-8-7-11(2)14(19)10-13/h5-10,12H,4H2,1-3H3,(H,20,24)/t12-/m0/s1. The lowest BCUT2D eigenvalue weighted by Gasteiger charge is -2.13. The molecule has 2 aromatic heterocycles. The van der Waals surface area contributed by atoms with Crippen LogP contribution in [0.4, 0.5) is 10.1 Å². The number of benzene rings is 1. The quantitative estimate of drug-likeness (QED) is 0.657. The second-order valence-electron chi connectivity index (χ2n) is 5.74. The van der Waals surface area contributed by atoms with E-state index in [1.807, 2.05) is 17.6 Å². The molecule has 1 aromatic carbocycles. The number of hydrogen-bond acceptors (Lipinski definition) is 5. The third-order valence-corrected chi connectivity index (χ3v) is 4.95. The van der Waals surface area contributed by atoms with Crippen LogP contribution in [0.1, 0.15) is 19.4 Å². The summed E-state index contributed by atoms with van der Waals surface area (Å²) < 4.78 is 20.9. The molecule has 0 aliphatic rings. The first kappa shape index (κ1) is 18.2. The number of hydrogen-bond donors (Lipinski definition) is 1. The zero-order chi connectivity index (χ0) is 18.7. The summed E-state index contributed by atoms with van der Waals surface area (Å²) >= 11 is 1.29. The van der Waals surface area contributed by atoms with E-state index in [-0.39, 0.29) is 11.7 Å². The van der Waals surface area contributed by atoms with Crippen LogP contribution in [0.2, 0.25) is 0 Å². The van der Waals surface area contributed by atoms with Crippen molar-refractivity contribution in [2.75, 3.05) is 5.32 Å². The predicted octanol–water partition coefficient (Wildman–Crippen LogP) is 4.12. The fourth-order valence-electron chi connectivity index (χ4n) is 2.38. The molecule has 6 nitrogen and oxygen atoms in total. The van der Waals surface area contributed by atoms with E-state index in [1.165, 1.54) is 17.8 Å². The molecule has 1 amide bonds. The van der Waals surface area contributed by atoms with Crippen LogP contribution in [0, 0.1) is 12.7 Å². The summed E-state index contributed by atoms with van der Waals surface area (Å²) in [5, 5.41) is 11.3. The van der Waals surface area contributed by atoms with Gasteiger partial charge >= 0.3 is 0 Å². The molecule has 0 bridgehead atoms. The Labute approximate surface area is 154 Å². The molecule has 0 aliphatic carbocycles. The lowest BCUT2D eigenvalue weighted by Crippen LogP contribution is -2.23. The van der Waals surface area contributed by atoms with Crippen LogP contribution in [-0.2, 0) is 11.3 Å². The first-order valence-corrected chi connectivity index (χ1v) is 9.08. The average Bonchev–Trinajstić information content (AvgIpc) is 3.27. The number of halogens is 1. The van der Waals surface area contributed by atoms with Crippen molar-refractivity contribution in [1.29, 1.82) is 0 Å². The molecule has 136 valence electrons. The summed E-state index contributed by atoms with van der Waals surface area (Å²) in [5.74, 6) is 0.659. The number of aromatic nitrogens is 3. The zero-order valence-corrected chi connectivity index (χ0v) is 15.5. The number of aryl methyl sites for hydroxylation is 1. The Hall–Kier alpha value is -2.61. The summed E-state index contributed by atoms with van der Waals surface area (Å²) in [6.45, 7) is 6.06. The van der Waals surface area contributed by atoms with Crippen LogP contribution in [0.25, 0.3) is 11.6 Å². The van der Waals surface area contributed by atoms with Gasteiger partial charge in [-0.1, -0.05) is 17.8 Å². The highest BCUT2D eigenvalue weighted by Crippen LogP contribution is 2.27. The zero-order valence-electron chi connectivity index (χ0n) is 14.7. The minimum absolute atomic E-state index is 0.233. The van der Waals surface area contributed by atoms with Crippen LogP contribution in [-0.4, -0.2) is 25.9 Å². The smallest absolute Gasteiger partial charge is 0.237 e. The molecule has 8 heteroatoms. The molecule has 0 radical (unpaired) electrons. The van der Waals surface area contributed by atoms with Gasteiger partial charge in [0.2, 0.25) is 5.91 Å². The third kappa shape index (κ3) is 3.80. The van der Waals surface area contributed by atoms with E-state index in [0.29, 0.717) is 34.5 Å². The van der Waals surface area contributed by atoms with Gasteiger partial charge in [-0.3, -0.25) is 9.36 Å². The highest BCUT2D eigenvalue weighted by atomic mass is 32.2. The maximum Gasteiger partial charge on any atom is 0.237 e. The van der Waals surface area contributed by atoms with Crippen LogP contribution < -0.4 is 5.32 Å². The molecule has 0 aliphatic heterocycles. The van der Waals surface area contributed by atoms with Gasteiger partial charge in [0.1, 0.15) is 5.82 Å². The lowest BCUT2D eigenvalue weighted by atomic mass is 10.2. The Morgan fingerprint density at radius 1 is 1.38 bits per heavy atom. The van der Waals surface area contributed by atoms with E-state index in [1.54, 1.807) is 38.3 Å². The van der Waals surface area contributed by atoms with Crippen LogP contribution in [0.3, 0.4) is 0 Å². The third-order valence-electron chi connectivity index (χ3n) is 3.87. The molecule has 0 unspecified atom stereocenters. The second-order valence-corrected chi connectivity index (χ2v) is 7.05. The van der Waals surface area contributed by atoms with E-state index < -0.39 is 5.25 Å². The lowest BCUT2D eigenvalue weighted by molar-refractivity contribution is -0.115. The Kier molecular flexibility index (Phi) is 5.41. The van der Waals surface area contributed by atoms with Gasteiger partial charge in [-0.25, -0.2) is 4.39 Å². The van der Waals surface area contributed by atoms with Crippen molar-refractivity contribution in [2.45, 2.75) is 37.7 Å². The van der Waals surface area contributed by atoms with E-state index in [2.05, 4.69) is 15.5 Å². The molecular formula is C18H19FN4O2S. The number of anilines is 1. The fraction of sp³-hybridized carbons (Fsp3) is 0.278. The van der Waals surface area contributed by atoms with Crippen molar-refractivity contribution in [3.63, 3.8) is 0 Å². The number of thioether (sulfide) groups is 1. The van der Waals surface area contributed by atoms with E-state index in [0.717, 1.165) is 0 Å². The van der Waals surface area contributed by atoms with E-state index >= 15 is 0 Å². The van der Waals surface area contributed by atoms with Crippen molar-refractivity contribution in [3.05, 3.63) is 48.0 Å². The number of nitrogens with zero attached hydrogens (tertiary/aromatic N) is 3. The number of carbonyl (C=O) groups excluding carboxylic acids is 1. The van der Waals surface area contributed by atoms with Crippen molar-refractivity contribution in [3.8, 4) is 11.6 Å². The Balaban J connectivity index is 1.72. The summed E-state index contributed by atoms with van der Waals surface area (Å²) in [6, 6.07) is 8.22. The first-order chi connectivity index (χ1) is 12.5.